The first kappa shape index (κ1) is 23.5. The Morgan fingerprint density at radius 1 is 1.24 bits per heavy atom. The summed E-state index contributed by atoms with van der Waals surface area (Å²) in [5.74, 6) is -1.03. The van der Waals surface area contributed by atoms with E-state index in [1.807, 2.05) is 0 Å². The van der Waals surface area contributed by atoms with Crippen molar-refractivity contribution in [3.8, 4) is 16.9 Å². The molecule has 2 aliphatic rings. The van der Waals surface area contributed by atoms with Gasteiger partial charge in [-0.15, -0.1) is 0 Å². The quantitative estimate of drug-likeness (QED) is 0.638. The van der Waals surface area contributed by atoms with E-state index in [4.69, 9.17) is 26.3 Å². The van der Waals surface area contributed by atoms with Crippen molar-refractivity contribution in [2.24, 2.45) is 16.6 Å². The van der Waals surface area contributed by atoms with Gasteiger partial charge in [0.25, 0.3) is 5.91 Å². The molecule has 0 radical (unpaired) electrons. The van der Waals surface area contributed by atoms with Crippen LogP contribution in [0.4, 0.5) is 4.39 Å². The summed E-state index contributed by atoms with van der Waals surface area (Å²) in [6.07, 6.45) is 2.08. The number of carbonyl (C=O) groups excluding carboxylic acids is 1. The zero-order valence-corrected chi connectivity index (χ0v) is 19.6. The standard InChI is InChI=1S/C22H23ClFN3O5S/c1-27-20(28)22(26-21(27)25,14-5-7-31-8-6-14)15-3-4-19(24)18(11-15)13-9-16(23)12-17(10-13)32-33(2,29)30/h3-4,9-12,14H,5-8H2,1-2H3,(H2,25,26). The van der Waals surface area contributed by atoms with Crippen molar-refractivity contribution in [3.05, 3.63) is 52.8 Å². The predicted octanol–water partition coefficient (Wildman–Crippen LogP) is 2.89. The van der Waals surface area contributed by atoms with Crippen LogP contribution in [0.3, 0.4) is 0 Å². The fraction of sp³-hybridized carbons (Fsp3) is 0.364. The number of ether oxygens (including phenoxy) is 1. The van der Waals surface area contributed by atoms with E-state index in [1.165, 1.54) is 41.3 Å². The fourth-order valence-electron chi connectivity index (χ4n) is 4.39. The van der Waals surface area contributed by atoms with Gasteiger partial charge in [-0.05, 0) is 48.2 Å². The van der Waals surface area contributed by atoms with Crippen LogP contribution in [0.25, 0.3) is 11.1 Å². The molecule has 2 heterocycles. The van der Waals surface area contributed by atoms with Gasteiger partial charge < -0.3 is 14.7 Å². The van der Waals surface area contributed by atoms with Gasteiger partial charge in [0.05, 0.1) is 6.26 Å². The molecule has 1 fully saturated rings. The van der Waals surface area contributed by atoms with Crippen molar-refractivity contribution in [1.29, 1.82) is 0 Å². The Morgan fingerprint density at radius 3 is 2.55 bits per heavy atom. The molecule has 0 aliphatic carbocycles. The lowest BCUT2D eigenvalue weighted by Gasteiger charge is -2.36. The molecule has 2 aliphatic heterocycles. The Bertz CT molecular complexity index is 1250. The summed E-state index contributed by atoms with van der Waals surface area (Å²) in [6.45, 7) is 0.959. The lowest BCUT2D eigenvalue weighted by Crippen LogP contribution is -2.46. The van der Waals surface area contributed by atoms with Crippen molar-refractivity contribution in [2.75, 3.05) is 26.5 Å². The van der Waals surface area contributed by atoms with E-state index in [0.717, 1.165) is 6.26 Å². The third-order valence-corrected chi connectivity index (χ3v) is 6.63. The van der Waals surface area contributed by atoms with E-state index >= 15 is 0 Å². The third-order valence-electron chi connectivity index (χ3n) is 5.91. The molecule has 1 atom stereocenters. The van der Waals surface area contributed by atoms with Gasteiger partial charge >= 0.3 is 10.1 Å². The lowest BCUT2D eigenvalue weighted by atomic mass is 9.73. The predicted molar refractivity (Wildman–Crippen MR) is 122 cm³/mol. The maximum Gasteiger partial charge on any atom is 0.306 e. The molecule has 176 valence electrons. The molecule has 0 saturated carbocycles. The van der Waals surface area contributed by atoms with Gasteiger partial charge in [0.1, 0.15) is 11.6 Å². The summed E-state index contributed by atoms with van der Waals surface area (Å²) in [7, 11) is -2.26. The van der Waals surface area contributed by atoms with E-state index in [0.29, 0.717) is 37.2 Å². The SMILES string of the molecule is CN1C(=O)C(c2ccc(F)c(-c3cc(Cl)cc(OS(C)(=O)=O)c3)c2)(C2CCOCC2)N=C1N. The first-order chi connectivity index (χ1) is 15.5. The highest BCUT2D eigenvalue weighted by Crippen LogP contribution is 2.45. The normalized spacial score (nSPS) is 21.9. The van der Waals surface area contributed by atoms with Crippen LogP contribution in [0.2, 0.25) is 5.02 Å². The zero-order chi connectivity index (χ0) is 24.0. The van der Waals surface area contributed by atoms with Gasteiger partial charge in [-0.2, -0.15) is 8.42 Å². The number of hydrogen-bond acceptors (Lipinski definition) is 7. The first-order valence-corrected chi connectivity index (χ1v) is 12.4. The molecular weight excluding hydrogens is 473 g/mol. The number of nitrogens with zero attached hydrogens (tertiary/aromatic N) is 2. The van der Waals surface area contributed by atoms with E-state index in [2.05, 4.69) is 4.99 Å². The minimum absolute atomic E-state index is 0.0529. The van der Waals surface area contributed by atoms with Gasteiger partial charge in [0, 0.05) is 42.8 Å². The summed E-state index contributed by atoms with van der Waals surface area (Å²) in [5, 5.41) is 0.161. The molecule has 0 bridgehead atoms. The second-order valence-corrected chi connectivity index (χ2v) is 10.2. The monoisotopic (exact) mass is 495 g/mol. The van der Waals surface area contributed by atoms with Crippen molar-refractivity contribution >= 4 is 33.6 Å². The molecule has 1 saturated heterocycles. The number of guanidine groups is 1. The molecule has 33 heavy (non-hydrogen) atoms. The molecule has 0 spiro atoms. The van der Waals surface area contributed by atoms with Crippen LogP contribution in [-0.4, -0.2) is 51.7 Å². The Morgan fingerprint density at radius 2 is 1.94 bits per heavy atom. The van der Waals surface area contributed by atoms with Crippen LogP contribution in [0.5, 0.6) is 5.75 Å². The van der Waals surface area contributed by atoms with E-state index in [-0.39, 0.29) is 34.1 Å². The average molecular weight is 496 g/mol. The van der Waals surface area contributed by atoms with E-state index in [9.17, 15) is 17.6 Å². The van der Waals surface area contributed by atoms with Gasteiger partial charge in [0.2, 0.25) is 0 Å². The van der Waals surface area contributed by atoms with Crippen LogP contribution in [0, 0.1) is 11.7 Å². The summed E-state index contributed by atoms with van der Waals surface area (Å²) in [6, 6.07) is 8.49. The Balaban J connectivity index is 1.87. The van der Waals surface area contributed by atoms with Gasteiger partial charge in [-0.1, -0.05) is 17.7 Å². The highest BCUT2D eigenvalue weighted by Gasteiger charge is 2.53. The fourth-order valence-corrected chi connectivity index (χ4v) is 5.06. The topological polar surface area (TPSA) is 111 Å². The molecule has 2 N–H and O–H groups in total. The summed E-state index contributed by atoms with van der Waals surface area (Å²) >= 11 is 6.15. The first-order valence-electron chi connectivity index (χ1n) is 10.2. The molecule has 1 amide bonds. The maximum absolute atomic E-state index is 15.0. The smallest absolute Gasteiger partial charge is 0.306 e. The number of amides is 1. The Kier molecular flexibility index (Phi) is 6.10. The maximum atomic E-state index is 15.0. The molecule has 4 rings (SSSR count). The molecule has 1 unspecified atom stereocenters. The van der Waals surface area contributed by atoms with Crippen molar-refractivity contribution in [2.45, 2.75) is 18.4 Å². The summed E-state index contributed by atoms with van der Waals surface area (Å²) < 4.78 is 48.5. The molecule has 2 aromatic carbocycles. The van der Waals surface area contributed by atoms with E-state index < -0.39 is 21.5 Å². The molecule has 2 aromatic rings. The lowest BCUT2D eigenvalue weighted by molar-refractivity contribution is -0.134. The zero-order valence-electron chi connectivity index (χ0n) is 18.0. The number of nitrogens with two attached hydrogens (primary N) is 1. The highest BCUT2D eigenvalue weighted by atomic mass is 35.5. The second kappa shape index (κ2) is 8.58. The van der Waals surface area contributed by atoms with Gasteiger partial charge in [0.15, 0.2) is 11.5 Å². The Labute approximate surface area is 196 Å². The molecule has 11 heteroatoms. The number of carbonyl (C=O) groups is 1. The van der Waals surface area contributed by atoms with Crippen LogP contribution in [-0.2, 0) is 25.2 Å². The summed E-state index contributed by atoms with van der Waals surface area (Å²) in [4.78, 5) is 19.3. The number of hydrogen-bond donors (Lipinski definition) is 1. The minimum atomic E-state index is -3.81. The van der Waals surface area contributed by atoms with Crippen molar-refractivity contribution in [1.82, 2.24) is 4.90 Å². The number of benzene rings is 2. The molecular formula is C22H23ClFN3O5S. The third kappa shape index (κ3) is 4.42. The number of aliphatic imine (C=N–C) groups is 1. The number of halogens is 2. The second-order valence-electron chi connectivity index (χ2n) is 8.14. The average Bonchev–Trinajstić information content (AvgIpc) is 2.98. The van der Waals surface area contributed by atoms with Crippen LogP contribution in [0.15, 0.2) is 41.4 Å². The van der Waals surface area contributed by atoms with E-state index in [1.54, 1.807) is 7.05 Å². The highest BCUT2D eigenvalue weighted by molar-refractivity contribution is 7.86. The van der Waals surface area contributed by atoms with Crippen LogP contribution < -0.4 is 9.92 Å². The number of rotatable bonds is 5. The van der Waals surface area contributed by atoms with Crippen LogP contribution in [0.1, 0.15) is 18.4 Å². The molecule has 0 aromatic heterocycles. The number of likely N-dealkylation sites (N-methyl/N-ethyl adjacent to an activating group) is 1. The largest absolute Gasteiger partial charge is 0.383 e. The van der Waals surface area contributed by atoms with Crippen molar-refractivity contribution < 1.29 is 26.5 Å². The van der Waals surface area contributed by atoms with Gasteiger partial charge in [-0.3, -0.25) is 9.69 Å². The van der Waals surface area contributed by atoms with Gasteiger partial charge in [-0.25, -0.2) is 9.38 Å². The van der Waals surface area contributed by atoms with Crippen molar-refractivity contribution in [3.63, 3.8) is 0 Å². The summed E-state index contributed by atoms with van der Waals surface area (Å²) in [5.41, 5.74) is 5.61. The Hall–Kier alpha value is -2.69. The minimum Gasteiger partial charge on any atom is -0.383 e. The van der Waals surface area contributed by atoms with Crippen LogP contribution >= 0.6 is 11.6 Å². The molecule has 8 nitrogen and oxygen atoms in total.